The molecule has 1 aromatic carbocycles. The second-order valence-corrected chi connectivity index (χ2v) is 5.91. The van der Waals surface area contributed by atoms with Gasteiger partial charge < -0.3 is 10.3 Å². The van der Waals surface area contributed by atoms with Gasteiger partial charge in [0.2, 0.25) is 11.7 Å². The van der Waals surface area contributed by atoms with E-state index in [4.69, 9.17) is 10.3 Å². The Labute approximate surface area is 123 Å². The number of nitrogens with zero attached hydrogens (tertiary/aromatic N) is 2. The molecular weight excluding hydrogens is 269 g/mol. The Balaban J connectivity index is 1.84. The second-order valence-electron chi connectivity index (χ2n) is 5.91. The van der Waals surface area contributed by atoms with Gasteiger partial charge in [0.1, 0.15) is 5.82 Å². The highest BCUT2D eigenvalue weighted by molar-refractivity contribution is 5.54. The van der Waals surface area contributed by atoms with Gasteiger partial charge >= 0.3 is 0 Å². The van der Waals surface area contributed by atoms with E-state index in [1.165, 1.54) is 12.5 Å². The van der Waals surface area contributed by atoms with E-state index in [1.54, 1.807) is 18.2 Å². The zero-order valence-corrected chi connectivity index (χ0v) is 12.2. The maximum atomic E-state index is 13.8. The molecule has 1 aliphatic rings. The lowest BCUT2D eigenvalue weighted by atomic mass is 9.76. The molecule has 0 amide bonds. The van der Waals surface area contributed by atoms with E-state index >= 15 is 0 Å². The number of aromatic nitrogens is 2. The average Bonchev–Trinajstić information content (AvgIpc) is 2.99. The lowest BCUT2D eigenvalue weighted by molar-refractivity contribution is 0.181. The van der Waals surface area contributed by atoms with Gasteiger partial charge in [-0.15, -0.1) is 0 Å². The summed E-state index contributed by atoms with van der Waals surface area (Å²) < 4.78 is 19.1. The smallest absolute Gasteiger partial charge is 0.247 e. The van der Waals surface area contributed by atoms with Crippen LogP contribution in [0.1, 0.15) is 44.9 Å². The van der Waals surface area contributed by atoms with Gasteiger partial charge in [0.05, 0.1) is 11.1 Å². The summed E-state index contributed by atoms with van der Waals surface area (Å²) in [7, 11) is 0. The predicted octanol–water partition coefficient (Wildman–Crippen LogP) is 3.63. The maximum Gasteiger partial charge on any atom is 0.247 e. The monoisotopic (exact) mass is 289 g/mol. The third kappa shape index (κ3) is 2.70. The third-order valence-corrected chi connectivity index (χ3v) is 4.54. The number of halogens is 1. The number of hydrogen-bond acceptors (Lipinski definition) is 4. The van der Waals surface area contributed by atoms with Crippen LogP contribution in [0.2, 0.25) is 0 Å². The van der Waals surface area contributed by atoms with Crippen molar-refractivity contribution in [1.82, 2.24) is 10.1 Å². The van der Waals surface area contributed by atoms with Gasteiger partial charge in [-0.05, 0) is 43.7 Å². The Morgan fingerprint density at radius 1 is 1.33 bits per heavy atom. The SMILES string of the molecule is CCC1CCC(N)(c2nc(-c3ccccc3F)no2)CC1. The molecule has 0 radical (unpaired) electrons. The first-order chi connectivity index (χ1) is 10.1. The van der Waals surface area contributed by atoms with Gasteiger partial charge in [-0.2, -0.15) is 4.98 Å². The van der Waals surface area contributed by atoms with Crippen LogP contribution in [0.25, 0.3) is 11.4 Å². The van der Waals surface area contributed by atoms with Gasteiger partial charge in [0.15, 0.2) is 0 Å². The van der Waals surface area contributed by atoms with E-state index in [0.717, 1.165) is 31.6 Å². The minimum absolute atomic E-state index is 0.269. The highest BCUT2D eigenvalue weighted by Crippen LogP contribution is 2.38. The Hall–Kier alpha value is -1.75. The third-order valence-electron chi connectivity index (χ3n) is 4.54. The Bertz CT molecular complexity index is 617. The van der Waals surface area contributed by atoms with Crippen LogP contribution in [0.3, 0.4) is 0 Å². The second kappa shape index (κ2) is 5.56. The van der Waals surface area contributed by atoms with Crippen LogP contribution in [-0.4, -0.2) is 10.1 Å². The molecule has 1 aliphatic carbocycles. The summed E-state index contributed by atoms with van der Waals surface area (Å²) in [6.45, 7) is 2.21. The first-order valence-corrected chi connectivity index (χ1v) is 7.50. The van der Waals surface area contributed by atoms with Gasteiger partial charge in [-0.25, -0.2) is 4.39 Å². The van der Waals surface area contributed by atoms with E-state index in [1.807, 2.05) is 0 Å². The molecule has 0 unspecified atom stereocenters. The molecule has 112 valence electrons. The van der Waals surface area contributed by atoms with Crippen LogP contribution in [0.5, 0.6) is 0 Å². The Morgan fingerprint density at radius 3 is 2.71 bits per heavy atom. The number of nitrogens with two attached hydrogens (primary N) is 1. The Morgan fingerprint density at radius 2 is 2.05 bits per heavy atom. The summed E-state index contributed by atoms with van der Waals surface area (Å²) in [6, 6.07) is 6.41. The molecule has 3 rings (SSSR count). The summed E-state index contributed by atoms with van der Waals surface area (Å²) in [5, 5.41) is 3.90. The van der Waals surface area contributed by atoms with Crippen molar-refractivity contribution >= 4 is 0 Å². The molecule has 4 nitrogen and oxygen atoms in total. The standard InChI is InChI=1S/C16H20FN3O/c1-2-11-7-9-16(18,10-8-11)15-19-14(20-21-15)12-5-3-4-6-13(12)17/h3-6,11H,2,7-10,18H2,1H3. The van der Waals surface area contributed by atoms with Crippen LogP contribution in [0, 0.1) is 11.7 Å². The first kappa shape index (κ1) is 14.2. The van der Waals surface area contributed by atoms with E-state index in [0.29, 0.717) is 11.5 Å². The van der Waals surface area contributed by atoms with Crippen LogP contribution in [0.4, 0.5) is 4.39 Å². The normalized spacial score (nSPS) is 26.0. The number of hydrogen-bond donors (Lipinski definition) is 1. The van der Waals surface area contributed by atoms with E-state index < -0.39 is 5.54 Å². The fraction of sp³-hybridized carbons (Fsp3) is 0.500. The van der Waals surface area contributed by atoms with Crippen molar-refractivity contribution in [2.45, 2.75) is 44.6 Å². The van der Waals surface area contributed by atoms with Gasteiger partial charge in [-0.1, -0.05) is 30.6 Å². The molecule has 2 aromatic rings. The van der Waals surface area contributed by atoms with Crippen molar-refractivity contribution in [2.75, 3.05) is 0 Å². The fourth-order valence-electron chi connectivity index (χ4n) is 2.99. The quantitative estimate of drug-likeness (QED) is 0.937. The molecule has 1 heterocycles. The molecule has 0 aliphatic heterocycles. The van der Waals surface area contributed by atoms with E-state index in [2.05, 4.69) is 17.1 Å². The minimum Gasteiger partial charge on any atom is -0.337 e. The number of rotatable bonds is 3. The van der Waals surface area contributed by atoms with Crippen LogP contribution < -0.4 is 5.73 Å². The highest BCUT2D eigenvalue weighted by atomic mass is 19.1. The zero-order valence-electron chi connectivity index (χ0n) is 12.2. The van der Waals surface area contributed by atoms with Crippen molar-refractivity contribution < 1.29 is 8.91 Å². The predicted molar refractivity (Wildman–Crippen MR) is 77.8 cm³/mol. The molecule has 1 aromatic heterocycles. The van der Waals surface area contributed by atoms with Crippen LogP contribution in [-0.2, 0) is 5.54 Å². The molecule has 2 N–H and O–H groups in total. The topological polar surface area (TPSA) is 64.9 Å². The van der Waals surface area contributed by atoms with Crippen molar-refractivity contribution in [3.63, 3.8) is 0 Å². The van der Waals surface area contributed by atoms with Gasteiger partial charge in [-0.3, -0.25) is 0 Å². The lowest BCUT2D eigenvalue weighted by Gasteiger charge is -2.33. The first-order valence-electron chi connectivity index (χ1n) is 7.50. The average molecular weight is 289 g/mol. The van der Waals surface area contributed by atoms with Crippen LogP contribution in [0.15, 0.2) is 28.8 Å². The molecule has 0 spiro atoms. The minimum atomic E-state index is -0.567. The maximum absolute atomic E-state index is 13.8. The number of benzene rings is 1. The van der Waals surface area contributed by atoms with Crippen molar-refractivity contribution in [2.24, 2.45) is 11.7 Å². The van der Waals surface area contributed by atoms with E-state index in [9.17, 15) is 4.39 Å². The summed E-state index contributed by atoms with van der Waals surface area (Å²) in [4.78, 5) is 4.34. The fourth-order valence-corrected chi connectivity index (χ4v) is 2.99. The zero-order chi connectivity index (χ0) is 14.9. The summed E-state index contributed by atoms with van der Waals surface area (Å²) in [5.41, 5.74) is 6.22. The largest absolute Gasteiger partial charge is 0.337 e. The van der Waals surface area contributed by atoms with Gasteiger partial charge in [0, 0.05) is 0 Å². The summed E-state index contributed by atoms with van der Waals surface area (Å²) in [5.74, 6) is 1.07. The molecule has 0 atom stereocenters. The molecule has 1 fully saturated rings. The van der Waals surface area contributed by atoms with E-state index in [-0.39, 0.29) is 11.6 Å². The molecule has 0 bridgehead atoms. The van der Waals surface area contributed by atoms with Crippen molar-refractivity contribution in [3.8, 4) is 11.4 Å². The Kier molecular flexibility index (Phi) is 3.76. The molecule has 0 saturated heterocycles. The highest BCUT2D eigenvalue weighted by Gasteiger charge is 2.37. The summed E-state index contributed by atoms with van der Waals surface area (Å²) >= 11 is 0. The molecule has 5 heteroatoms. The van der Waals surface area contributed by atoms with Crippen molar-refractivity contribution in [3.05, 3.63) is 36.0 Å². The lowest BCUT2D eigenvalue weighted by Crippen LogP contribution is -2.40. The van der Waals surface area contributed by atoms with Crippen LogP contribution >= 0.6 is 0 Å². The summed E-state index contributed by atoms with van der Waals surface area (Å²) in [6.07, 6.45) is 5.00. The molecular formula is C16H20FN3O. The molecule has 21 heavy (non-hydrogen) atoms. The molecule has 1 saturated carbocycles. The van der Waals surface area contributed by atoms with Crippen molar-refractivity contribution in [1.29, 1.82) is 0 Å². The van der Waals surface area contributed by atoms with Gasteiger partial charge in [0.25, 0.3) is 0 Å².